The Hall–Kier alpha value is -1.12. The summed E-state index contributed by atoms with van der Waals surface area (Å²) in [5.74, 6) is 0.119. The lowest BCUT2D eigenvalue weighted by molar-refractivity contribution is 0.416. The summed E-state index contributed by atoms with van der Waals surface area (Å²) in [6, 6.07) is 3.01. The zero-order chi connectivity index (χ0) is 19.7. The topological polar surface area (TPSA) is 97.7 Å². The number of hydrogen-bond donors (Lipinski definition) is 1. The second-order valence-electron chi connectivity index (χ2n) is 7.86. The highest BCUT2D eigenvalue weighted by Crippen LogP contribution is 2.44. The van der Waals surface area contributed by atoms with Gasteiger partial charge in [-0.25, -0.2) is 0 Å². The third-order valence-electron chi connectivity index (χ3n) is 5.72. The molecule has 0 radical (unpaired) electrons. The fourth-order valence-electron chi connectivity index (χ4n) is 4.60. The molecule has 0 spiro atoms. The average Bonchev–Trinajstić information content (AvgIpc) is 2.60. The molecule has 3 rings (SSSR count). The van der Waals surface area contributed by atoms with Gasteiger partial charge >= 0.3 is 10.1 Å². The first-order valence-electron chi connectivity index (χ1n) is 9.70. The lowest BCUT2D eigenvalue weighted by Crippen LogP contribution is -2.17. The molecular weight excluding hydrogens is 388 g/mol. The lowest BCUT2D eigenvalue weighted by Gasteiger charge is -2.29. The molecule has 0 aromatic heterocycles. The Bertz CT molecular complexity index is 838. The van der Waals surface area contributed by atoms with Gasteiger partial charge in [-0.15, -0.1) is 0 Å². The van der Waals surface area contributed by atoms with E-state index in [0.29, 0.717) is 11.1 Å². The minimum absolute atomic E-state index is 0.0119. The normalized spacial score (nSPS) is 20.5. The van der Waals surface area contributed by atoms with Crippen molar-refractivity contribution in [3.8, 4) is 5.75 Å². The third kappa shape index (κ3) is 5.23. The molecule has 1 aromatic carbocycles. The first kappa shape index (κ1) is 20.6. The van der Waals surface area contributed by atoms with E-state index in [-0.39, 0.29) is 22.5 Å². The van der Waals surface area contributed by atoms with Gasteiger partial charge < -0.3 is 4.18 Å². The number of hydrogen-bond acceptors (Lipinski definition) is 5. The summed E-state index contributed by atoms with van der Waals surface area (Å²) in [4.78, 5) is -0.0119. The van der Waals surface area contributed by atoms with E-state index in [1.165, 1.54) is 12.1 Å². The minimum atomic E-state index is -4.43. The predicted molar refractivity (Wildman–Crippen MR) is 103 cm³/mol. The summed E-state index contributed by atoms with van der Waals surface area (Å²) in [5, 5.41) is 0. The molecule has 1 N–H and O–H groups in total. The van der Waals surface area contributed by atoms with Crippen LogP contribution in [0.1, 0.15) is 87.2 Å². The fraction of sp³-hybridized carbons (Fsp3) is 0.684. The molecule has 0 saturated heterocycles. The standard InChI is InChI=1S/C19H28O6S2/c1-26(20,21)25-16-12-17(14-8-4-2-5-9-14)19(27(22,23)24)18(13-16)15-10-6-3-7-11-15/h12-15H,2-11H2,1H3,(H,22,23,24). The Morgan fingerprint density at radius 1 is 0.815 bits per heavy atom. The van der Waals surface area contributed by atoms with E-state index in [2.05, 4.69) is 0 Å². The Kier molecular flexibility index (Phi) is 6.17. The molecule has 0 heterocycles. The molecule has 27 heavy (non-hydrogen) atoms. The molecule has 0 amide bonds. The van der Waals surface area contributed by atoms with Crippen LogP contribution in [0.15, 0.2) is 17.0 Å². The molecule has 2 aliphatic rings. The van der Waals surface area contributed by atoms with E-state index in [9.17, 15) is 21.4 Å². The summed E-state index contributed by atoms with van der Waals surface area (Å²) < 4.78 is 63.2. The van der Waals surface area contributed by atoms with Crippen molar-refractivity contribution < 1.29 is 25.6 Å². The van der Waals surface area contributed by atoms with Crippen LogP contribution in [0.3, 0.4) is 0 Å². The predicted octanol–water partition coefficient (Wildman–Crippen LogP) is 4.37. The zero-order valence-corrected chi connectivity index (χ0v) is 17.3. The highest BCUT2D eigenvalue weighted by atomic mass is 32.2. The van der Waals surface area contributed by atoms with Gasteiger partial charge in [0.1, 0.15) is 10.6 Å². The molecule has 152 valence electrons. The zero-order valence-electron chi connectivity index (χ0n) is 15.7. The van der Waals surface area contributed by atoms with Gasteiger partial charge in [0.15, 0.2) is 0 Å². The maximum atomic E-state index is 12.4. The summed E-state index contributed by atoms with van der Waals surface area (Å²) in [6.07, 6.45) is 10.5. The molecule has 2 aliphatic carbocycles. The Morgan fingerprint density at radius 3 is 1.56 bits per heavy atom. The van der Waals surface area contributed by atoms with Crippen molar-refractivity contribution in [1.29, 1.82) is 0 Å². The molecule has 6 nitrogen and oxygen atoms in total. The van der Waals surface area contributed by atoms with E-state index < -0.39 is 20.2 Å². The van der Waals surface area contributed by atoms with Gasteiger partial charge in [0.2, 0.25) is 0 Å². The van der Waals surface area contributed by atoms with Gasteiger partial charge in [0, 0.05) is 0 Å². The van der Waals surface area contributed by atoms with Crippen LogP contribution >= 0.6 is 0 Å². The molecule has 2 fully saturated rings. The van der Waals surface area contributed by atoms with E-state index in [4.69, 9.17) is 4.18 Å². The second kappa shape index (κ2) is 8.09. The smallest absolute Gasteiger partial charge is 0.306 e. The van der Waals surface area contributed by atoms with Crippen LogP contribution in [0.4, 0.5) is 0 Å². The van der Waals surface area contributed by atoms with Crippen LogP contribution in [-0.2, 0) is 20.2 Å². The van der Waals surface area contributed by atoms with Crippen LogP contribution in [0.25, 0.3) is 0 Å². The molecular formula is C19H28O6S2. The van der Waals surface area contributed by atoms with Crippen molar-refractivity contribution in [2.75, 3.05) is 6.26 Å². The molecule has 0 atom stereocenters. The summed E-state index contributed by atoms with van der Waals surface area (Å²) >= 11 is 0. The van der Waals surface area contributed by atoms with Crippen molar-refractivity contribution in [1.82, 2.24) is 0 Å². The van der Waals surface area contributed by atoms with E-state index in [1.807, 2.05) is 0 Å². The van der Waals surface area contributed by atoms with Gasteiger partial charge in [-0.2, -0.15) is 16.8 Å². The van der Waals surface area contributed by atoms with E-state index in [0.717, 1.165) is 70.5 Å². The SMILES string of the molecule is CS(=O)(=O)Oc1cc(C2CCCCC2)c(S(=O)(=O)O)c(C2CCCCC2)c1. The molecule has 2 saturated carbocycles. The molecule has 0 aliphatic heterocycles. The monoisotopic (exact) mass is 416 g/mol. The molecule has 0 bridgehead atoms. The van der Waals surface area contributed by atoms with Crippen LogP contribution in [0.2, 0.25) is 0 Å². The Balaban J connectivity index is 2.19. The second-order valence-corrected chi connectivity index (χ2v) is 10.8. The number of benzene rings is 1. The van der Waals surface area contributed by atoms with E-state index in [1.54, 1.807) is 0 Å². The van der Waals surface area contributed by atoms with Gasteiger partial charge in [-0.05, 0) is 60.8 Å². The average molecular weight is 417 g/mol. The maximum absolute atomic E-state index is 12.4. The first-order chi connectivity index (χ1) is 12.6. The van der Waals surface area contributed by atoms with Crippen LogP contribution in [0.5, 0.6) is 5.75 Å². The summed E-state index contributed by atoms with van der Waals surface area (Å²) in [5.41, 5.74) is 1.03. The molecule has 8 heteroatoms. The molecule has 0 unspecified atom stereocenters. The van der Waals surface area contributed by atoms with E-state index >= 15 is 0 Å². The highest BCUT2D eigenvalue weighted by molar-refractivity contribution is 7.86. The largest absolute Gasteiger partial charge is 0.383 e. The van der Waals surface area contributed by atoms with Crippen molar-refractivity contribution in [3.63, 3.8) is 0 Å². The van der Waals surface area contributed by atoms with Crippen molar-refractivity contribution in [3.05, 3.63) is 23.3 Å². The van der Waals surface area contributed by atoms with Gasteiger partial charge in [-0.1, -0.05) is 38.5 Å². The van der Waals surface area contributed by atoms with Crippen molar-refractivity contribution >= 4 is 20.2 Å². The highest BCUT2D eigenvalue weighted by Gasteiger charge is 2.31. The van der Waals surface area contributed by atoms with Crippen LogP contribution in [-0.4, -0.2) is 27.6 Å². The number of rotatable bonds is 5. The quantitative estimate of drug-likeness (QED) is 0.565. The first-order valence-corrected chi connectivity index (χ1v) is 13.0. The molecule has 1 aromatic rings. The summed E-state index contributed by atoms with van der Waals surface area (Å²) in [7, 11) is -8.16. The summed E-state index contributed by atoms with van der Waals surface area (Å²) in [6.45, 7) is 0. The van der Waals surface area contributed by atoms with Gasteiger partial charge in [0.05, 0.1) is 6.26 Å². The maximum Gasteiger partial charge on any atom is 0.306 e. The lowest BCUT2D eigenvalue weighted by atomic mass is 9.79. The van der Waals surface area contributed by atoms with Crippen molar-refractivity contribution in [2.45, 2.75) is 80.9 Å². The van der Waals surface area contributed by atoms with Crippen molar-refractivity contribution in [2.24, 2.45) is 0 Å². The van der Waals surface area contributed by atoms with Crippen LogP contribution < -0.4 is 4.18 Å². The fourth-order valence-corrected chi connectivity index (χ4v) is 6.09. The minimum Gasteiger partial charge on any atom is -0.383 e. The van der Waals surface area contributed by atoms with Crippen LogP contribution in [0, 0.1) is 0 Å². The Morgan fingerprint density at radius 2 is 1.22 bits per heavy atom. The Labute approximate surface area is 162 Å². The van der Waals surface area contributed by atoms with Gasteiger partial charge in [-0.3, -0.25) is 4.55 Å². The van der Waals surface area contributed by atoms with Gasteiger partial charge in [0.25, 0.3) is 10.1 Å². The third-order valence-corrected chi connectivity index (χ3v) is 7.20.